The highest BCUT2D eigenvalue weighted by atomic mass is 15.3. The topological polar surface area (TPSA) is 46.0 Å². The second kappa shape index (κ2) is 5.14. The molecule has 1 saturated carbocycles. The van der Waals surface area contributed by atoms with Crippen LogP contribution in [0.4, 0.5) is 0 Å². The molecule has 0 amide bonds. The van der Waals surface area contributed by atoms with Crippen molar-refractivity contribution in [2.24, 2.45) is 7.05 Å². The first-order valence-corrected chi connectivity index (χ1v) is 6.35. The lowest BCUT2D eigenvalue weighted by atomic mass is 9.96. The summed E-state index contributed by atoms with van der Waals surface area (Å²) >= 11 is 0. The summed E-state index contributed by atoms with van der Waals surface area (Å²) in [4.78, 5) is 2.38. The van der Waals surface area contributed by atoms with Crippen LogP contribution in [0, 0.1) is 0 Å². The van der Waals surface area contributed by atoms with Crippen molar-refractivity contribution in [3.63, 3.8) is 0 Å². The lowest BCUT2D eigenvalue weighted by molar-refractivity contribution is 0.153. The van der Waals surface area contributed by atoms with Crippen LogP contribution in [-0.2, 0) is 13.6 Å². The maximum Gasteiger partial charge on any atom is 0.146 e. The van der Waals surface area contributed by atoms with Gasteiger partial charge in [0.15, 0.2) is 0 Å². The van der Waals surface area contributed by atoms with Crippen LogP contribution in [0.15, 0.2) is 6.33 Å². The van der Waals surface area contributed by atoms with Gasteiger partial charge in [-0.3, -0.25) is 0 Å². The Morgan fingerprint density at radius 2 is 2.12 bits per heavy atom. The summed E-state index contributed by atoms with van der Waals surface area (Å²) in [5.74, 6) is 0.997. The number of aromatic nitrogens is 3. The van der Waals surface area contributed by atoms with Gasteiger partial charge in [0, 0.05) is 19.1 Å². The van der Waals surface area contributed by atoms with Crippen LogP contribution < -0.4 is 5.32 Å². The van der Waals surface area contributed by atoms with Gasteiger partial charge >= 0.3 is 0 Å². The molecular weight excluding hydrogens is 214 g/mol. The van der Waals surface area contributed by atoms with Crippen molar-refractivity contribution in [1.82, 2.24) is 25.0 Å². The summed E-state index contributed by atoms with van der Waals surface area (Å²) in [5, 5.41) is 11.5. The van der Waals surface area contributed by atoms with Gasteiger partial charge in [-0.2, -0.15) is 0 Å². The molecule has 17 heavy (non-hydrogen) atoms. The Balaban J connectivity index is 1.86. The molecule has 0 unspecified atom stereocenters. The van der Waals surface area contributed by atoms with Crippen LogP contribution in [0.3, 0.4) is 0 Å². The smallest absolute Gasteiger partial charge is 0.146 e. The fraction of sp³-hybridized carbons (Fsp3) is 0.833. The molecular formula is C12H23N5. The Labute approximate surface area is 103 Å². The average Bonchev–Trinajstić information content (AvgIpc) is 2.90. The van der Waals surface area contributed by atoms with Gasteiger partial charge in [0.1, 0.15) is 12.2 Å². The number of hydrogen-bond acceptors (Lipinski definition) is 4. The molecule has 0 bridgehead atoms. The predicted molar refractivity (Wildman–Crippen MR) is 67.6 cm³/mol. The monoisotopic (exact) mass is 237 g/mol. The van der Waals surface area contributed by atoms with Crippen LogP contribution in [0.5, 0.6) is 0 Å². The summed E-state index contributed by atoms with van der Waals surface area (Å²) in [6, 6.07) is 0. The number of aryl methyl sites for hydroxylation is 1. The van der Waals surface area contributed by atoms with Crippen molar-refractivity contribution >= 4 is 0 Å². The van der Waals surface area contributed by atoms with Crippen LogP contribution in [0.25, 0.3) is 0 Å². The summed E-state index contributed by atoms with van der Waals surface area (Å²) in [7, 11) is 6.36. The van der Waals surface area contributed by atoms with E-state index < -0.39 is 0 Å². The van der Waals surface area contributed by atoms with Crippen molar-refractivity contribution in [1.29, 1.82) is 0 Å². The summed E-state index contributed by atoms with van der Waals surface area (Å²) in [5.41, 5.74) is 0.346. The third-order valence-corrected chi connectivity index (χ3v) is 4.03. The quantitative estimate of drug-likeness (QED) is 0.822. The van der Waals surface area contributed by atoms with E-state index in [4.69, 9.17) is 0 Å². The van der Waals surface area contributed by atoms with Gasteiger partial charge in [0.25, 0.3) is 0 Å². The molecule has 1 heterocycles. The molecule has 1 aliphatic carbocycles. The Bertz CT molecular complexity index is 352. The zero-order valence-electron chi connectivity index (χ0n) is 11.1. The van der Waals surface area contributed by atoms with Gasteiger partial charge in [-0.15, -0.1) is 10.2 Å². The normalized spacial score (nSPS) is 19.1. The fourth-order valence-corrected chi connectivity index (χ4v) is 2.69. The van der Waals surface area contributed by atoms with E-state index in [1.165, 1.54) is 25.7 Å². The second-order valence-electron chi connectivity index (χ2n) is 5.29. The highest BCUT2D eigenvalue weighted by Gasteiger charge is 2.35. The SMILES string of the molecule is CN(C)C1(CNCc2nncn2C)CCCC1. The molecule has 1 aromatic heterocycles. The predicted octanol–water partition coefficient (Wildman–Crippen LogP) is 0.779. The molecule has 0 spiro atoms. The minimum Gasteiger partial charge on any atom is -0.320 e. The van der Waals surface area contributed by atoms with E-state index in [-0.39, 0.29) is 0 Å². The lowest BCUT2D eigenvalue weighted by Gasteiger charge is -2.36. The van der Waals surface area contributed by atoms with Crippen LogP contribution >= 0.6 is 0 Å². The van der Waals surface area contributed by atoms with Crippen molar-refractivity contribution in [2.45, 2.75) is 37.8 Å². The van der Waals surface area contributed by atoms with Gasteiger partial charge < -0.3 is 14.8 Å². The van der Waals surface area contributed by atoms with E-state index in [0.29, 0.717) is 5.54 Å². The van der Waals surface area contributed by atoms with E-state index in [0.717, 1.165) is 18.9 Å². The zero-order valence-corrected chi connectivity index (χ0v) is 11.1. The Hall–Kier alpha value is -0.940. The van der Waals surface area contributed by atoms with Gasteiger partial charge in [0.2, 0.25) is 0 Å². The maximum absolute atomic E-state index is 4.08. The van der Waals surface area contributed by atoms with E-state index in [2.05, 4.69) is 34.5 Å². The molecule has 0 aromatic carbocycles. The van der Waals surface area contributed by atoms with Crippen molar-refractivity contribution < 1.29 is 0 Å². The first kappa shape index (κ1) is 12.5. The largest absolute Gasteiger partial charge is 0.320 e. The number of nitrogens with zero attached hydrogens (tertiary/aromatic N) is 4. The van der Waals surface area contributed by atoms with E-state index >= 15 is 0 Å². The van der Waals surface area contributed by atoms with Gasteiger partial charge in [-0.25, -0.2) is 0 Å². The Kier molecular flexibility index (Phi) is 3.79. The minimum absolute atomic E-state index is 0.346. The van der Waals surface area contributed by atoms with Gasteiger partial charge in [-0.1, -0.05) is 12.8 Å². The fourth-order valence-electron chi connectivity index (χ4n) is 2.69. The molecule has 5 heteroatoms. The maximum atomic E-state index is 4.08. The third-order valence-electron chi connectivity index (χ3n) is 4.03. The molecule has 0 atom stereocenters. The Morgan fingerprint density at radius 1 is 1.41 bits per heavy atom. The van der Waals surface area contributed by atoms with Crippen molar-refractivity contribution in [3.8, 4) is 0 Å². The van der Waals surface area contributed by atoms with Gasteiger partial charge in [-0.05, 0) is 26.9 Å². The highest BCUT2D eigenvalue weighted by Crippen LogP contribution is 2.33. The number of hydrogen-bond donors (Lipinski definition) is 1. The average molecular weight is 237 g/mol. The molecule has 5 nitrogen and oxygen atoms in total. The second-order valence-corrected chi connectivity index (χ2v) is 5.29. The third kappa shape index (κ3) is 2.66. The first-order valence-electron chi connectivity index (χ1n) is 6.35. The minimum atomic E-state index is 0.346. The number of likely N-dealkylation sites (N-methyl/N-ethyl adjacent to an activating group) is 1. The molecule has 96 valence electrons. The van der Waals surface area contributed by atoms with Crippen LogP contribution in [0.2, 0.25) is 0 Å². The standard InChI is InChI=1S/C12H23N5/c1-16(2)12(6-4-5-7-12)9-13-8-11-15-14-10-17(11)3/h10,13H,4-9H2,1-3H3. The summed E-state index contributed by atoms with van der Waals surface area (Å²) in [6.07, 6.45) is 7.04. The number of rotatable bonds is 5. The molecule has 2 rings (SSSR count). The molecule has 0 aliphatic heterocycles. The molecule has 0 radical (unpaired) electrons. The molecule has 1 N–H and O–H groups in total. The first-order chi connectivity index (χ1) is 8.14. The molecule has 1 aromatic rings. The van der Waals surface area contributed by atoms with Crippen LogP contribution in [0.1, 0.15) is 31.5 Å². The van der Waals surface area contributed by atoms with E-state index in [9.17, 15) is 0 Å². The van der Waals surface area contributed by atoms with Crippen LogP contribution in [-0.4, -0.2) is 45.8 Å². The summed E-state index contributed by atoms with van der Waals surface area (Å²) < 4.78 is 1.96. The number of nitrogens with one attached hydrogen (secondary N) is 1. The van der Waals surface area contributed by atoms with E-state index in [1.54, 1.807) is 6.33 Å². The lowest BCUT2D eigenvalue weighted by Crippen LogP contribution is -2.49. The van der Waals surface area contributed by atoms with Crippen molar-refractivity contribution in [2.75, 3.05) is 20.6 Å². The zero-order chi connectivity index (χ0) is 12.3. The molecule has 0 saturated heterocycles. The Morgan fingerprint density at radius 3 is 2.65 bits per heavy atom. The summed E-state index contributed by atoms with van der Waals surface area (Å²) in [6.45, 7) is 1.83. The molecule has 1 fully saturated rings. The van der Waals surface area contributed by atoms with Crippen molar-refractivity contribution in [3.05, 3.63) is 12.2 Å². The van der Waals surface area contributed by atoms with E-state index in [1.807, 2.05) is 11.6 Å². The molecule has 1 aliphatic rings. The highest BCUT2D eigenvalue weighted by molar-refractivity contribution is 4.95. The van der Waals surface area contributed by atoms with Gasteiger partial charge in [0.05, 0.1) is 6.54 Å².